The normalized spacial score (nSPS) is 8.75. The Bertz CT molecular complexity index is 213. The van der Waals surface area contributed by atoms with Crippen molar-refractivity contribution in [2.45, 2.75) is 0 Å². The second-order valence-electron chi connectivity index (χ2n) is 2.20. The minimum Gasteiger partial charge on any atom is -0.508 e. The number of hydrogen-bond donors (Lipinski definition) is 3. The molecule has 0 saturated carbocycles. The van der Waals surface area contributed by atoms with Gasteiger partial charge in [0.2, 0.25) is 0 Å². The Balaban J connectivity index is 0.00000121. The third kappa shape index (κ3) is 3.46. The van der Waals surface area contributed by atoms with E-state index in [0.29, 0.717) is 6.54 Å². The maximum Gasteiger partial charge on any atom is 0.115 e. The third-order valence-electron chi connectivity index (χ3n) is 1.31. The molecule has 0 radical (unpaired) electrons. The molecular formula is C8H12ClNO2. The Kier molecular flexibility index (Phi) is 5.25. The summed E-state index contributed by atoms with van der Waals surface area (Å²) < 4.78 is 0. The molecule has 0 unspecified atom stereocenters. The van der Waals surface area contributed by atoms with Crippen LogP contribution >= 0.6 is 12.4 Å². The Hall–Kier alpha value is -0.930. The Morgan fingerprint density at radius 2 is 1.75 bits per heavy atom. The fraction of sp³-hybridized carbons (Fsp3) is 0.250. The van der Waals surface area contributed by atoms with Crippen molar-refractivity contribution >= 4 is 18.1 Å². The smallest absolute Gasteiger partial charge is 0.115 e. The Labute approximate surface area is 77.5 Å². The van der Waals surface area contributed by atoms with Crippen molar-refractivity contribution in [1.82, 2.24) is 0 Å². The molecule has 0 bridgehead atoms. The molecule has 0 aliphatic carbocycles. The van der Waals surface area contributed by atoms with E-state index in [1.807, 2.05) is 0 Å². The molecule has 1 aromatic carbocycles. The predicted octanol–water partition coefficient (Wildman–Crippen LogP) is 1.22. The van der Waals surface area contributed by atoms with Crippen molar-refractivity contribution in [3.05, 3.63) is 24.3 Å². The first-order valence-corrected chi connectivity index (χ1v) is 3.46. The first kappa shape index (κ1) is 11.1. The topological polar surface area (TPSA) is 52.5 Å². The standard InChI is InChI=1S/C8H11NO2.ClH/c10-6-5-9-7-1-3-8(11)4-2-7;/h1-4,9-11H,5-6H2;1H. The molecule has 0 aromatic heterocycles. The maximum atomic E-state index is 8.90. The molecule has 0 amide bonds. The molecule has 0 fully saturated rings. The Morgan fingerprint density at radius 3 is 2.25 bits per heavy atom. The number of rotatable bonds is 3. The lowest BCUT2D eigenvalue weighted by Gasteiger charge is -2.02. The van der Waals surface area contributed by atoms with E-state index in [1.165, 1.54) is 0 Å². The summed E-state index contributed by atoms with van der Waals surface area (Å²) in [7, 11) is 0. The first-order valence-electron chi connectivity index (χ1n) is 3.46. The molecule has 68 valence electrons. The molecule has 1 aromatic rings. The minimum absolute atomic E-state index is 0. The molecule has 0 spiro atoms. The highest BCUT2D eigenvalue weighted by atomic mass is 35.5. The van der Waals surface area contributed by atoms with E-state index in [2.05, 4.69) is 5.32 Å². The van der Waals surface area contributed by atoms with Gasteiger partial charge in [-0.15, -0.1) is 12.4 Å². The lowest BCUT2D eigenvalue weighted by atomic mass is 10.3. The van der Waals surface area contributed by atoms with Crippen LogP contribution in [0.1, 0.15) is 0 Å². The summed E-state index contributed by atoms with van der Waals surface area (Å²) in [6.45, 7) is 0.644. The van der Waals surface area contributed by atoms with E-state index in [9.17, 15) is 0 Å². The van der Waals surface area contributed by atoms with Gasteiger partial charge in [0.15, 0.2) is 0 Å². The van der Waals surface area contributed by atoms with Gasteiger partial charge >= 0.3 is 0 Å². The van der Waals surface area contributed by atoms with Crippen molar-refractivity contribution < 1.29 is 10.2 Å². The summed E-state index contributed by atoms with van der Waals surface area (Å²) in [5.74, 6) is 0.250. The number of benzene rings is 1. The summed E-state index contributed by atoms with van der Waals surface area (Å²) >= 11 is 0. The Morgan fingerprint density at radius 1 is 1.17 bits per heavy atom. The van der Waals surface area contributed by atoms with Gasteiger partial charge in [0, 0.05) is 12.2 Å². The van der Waals surface area contributed by atoms with Crippen molar-refractivity contribution in [2.75, 3.05) is 18.5 Å². The van der Waals surface area contributed by atoms with Gasteiger partial charge in [-0.2, -0.15) is 0 Å². The number of phenolic OH excluding ortho intramolecular Hbond substituents is 1. The SMILES string of the molecule is Cl.OCCNc1ccc(O)cc1. The fourth-order valence-electron chi connectivity index (χ4n) is 0.780. The van der Waals surface area contributed by atoms with E-state index in [4.69, 9.17) is 10.2 Å². The average Bonchev–Trinajstić information content (AvgIpc) is 2.04. The van der Waals surface area contributed by atoms with Gasteiger partial charge < -0.3 is 15.5 Å². The molecule has 3 N–H and O–H groups in total. The highest BCUT2D eigenvalue weighted by Gasteiger charge is 1.89. The lowest BCUT2D eigenvalue weighted by Crippen LogP contribution is -2.04. The highest BCUT2D eigenvalue weighted by molar-refractivity contribution is 5.85. The quantitative estimate of drug-likeness (QED) is 0.627. The van der Waals surface area contributed by atoms with Gasteiger partial charge in [-0.05, 0) is 24.3 Å². The zero-order valence-corrected chi connectivity index (χ0v) is 7.34. The van der Waals surface area contributed by atoms with Crippen LogP contribution in [0.3, 0.4) is 0 Å². The molecular weight excluding hydrogens is 178 g/mol. The van der Waals surface area contributed by atoms with E-state index in [1.54, 1.807) is 24.3 Å². The van der Waals surface area contributed by atoms with Gasteiger partial charge in [-0.1, -0.05) is 0 Å². The van der Waals surface area contributed by atoms with Gasteiger partial charge in [0.1, 0.15) is 5.75 Å². The van der Waals surface area contributed by atoms with E-state index >= 15 is 0 Å². The van der Waals surface area contributed by atoms with Crippen LogP contribution < -0.4 is 5.32 Å². The third-order valence-corrected chi connectivity index (χ3v) is 1.31. The number of aliphatic hydroxyl groups is 1. The van der Waals surface area contributed by atoms with Gasteiger partial charge in [0.25, 0.3) is 0 Å². The van der Waals surface area contributed by atoms with Crippen molar-refractivity contribution in [3.8, 4) is 5.75 Å². The molecule has 0 saturated heterocycles. The summed E-state index contributed by atoms with van der Waals surface area (Å²) in [5.41, 5.74) is 0.900. The zero-order chi connectivity index (χ0) is 8.10. The number of aliphatic hydroxyl groups excluding tert-OH is 1. The predicted molar refractivity (Wildman–Crippen MR) is 50.9 cm³/mol. The van der Waals surface area contributed by atoms with Crippen LogP contribution in [0.5, 0.6) is 5.75 Å². The van der Waals surface area contributed by atoms with Crippen molar-refractivity contribution in [3.63, 3.8) is 0 Å². The van der Waals surface area contributed by atoms with E-state index in [0.717, 1.165) is 5.69 Å². The van der Waals surface area contributed by atoms with E-state index < -0.39 is 0 Å². The summed E-state index contributed by atoms with van der Waals surface area (Å²) in [6, 6.07) is 6.70. The van der Waals surface area contributed by atoms with Crippen LogP contribution in [0.25, 0.3) is 0 Å². The molecule has 3 nitrogen and oxygen atoms in total. The second kappa shape index (κ2) is 5.69. The minimum atomic E-state index is 0. The molecule has 0 aliphatic heterocycles. The largest absolute Gasteiger partial charge is 0.508 e. The number of aromatic hydroxyl groups is 1. The number of phenols is 1. The molecule has 1 rings (SSSR count). The number of halogens is 1. The molecule has 4 heteroatoms. The van der Waals surface area contributed by atoms with Crippen LogP contribution in [-0.2, 0) is 0 Å². The highest BCUT2D eigenvalue weighted by Crippen LogP contribution is 2.12. The maximum absolute atomic E-state index is 8.90. The van der Waals surface area contributed by atoms with Crippen LogP contribution in [-0.4, -0.2) is 23.4 Å². The lowest BCUT2D eigenvalue weighted by molar-refractivity contribution is 0.311. The fourth-order valence-corrected chi connectivity index (χ4v) is 0.780. The zero-order valence-electron chi connectivity index (χ0n) is 6.53. The van der Waals surface area contributed by atoms with Crippen LogP contribution in [0, 0.1) is 0 Å². The molecule has 0 aliphatic rings. The van der Waals surface area contributed by atoms with Crippen LogP contribution in [0.2, 0.25) is 0 Å². The second-order valence-corrected chi connectivity index (χ2v) is 2.20. The summed E-state index contributed by atoms with van der Waals surface area (Å²) in [4.78, 5) is 0. The van der Waals surface area contributed by atoms with Crippen molar-refractivity contribution in [1.29, 1.82) is 0 Å². The van der Waals surface area contributed by atoms with Crippen molar-refractivity contribution in [2.24, 2.45) is 0 Å². The molecule has 0 heterocycles. The number of nitrogens with one attached hydrogen (secondary N) is 1. The van der Waals surface area contributed by atoms with Crippen LogP contribution in [0.15, 0.2) is 24.3 Å². The monoisotopic (exact) mass is 189 g/mol. The summed E-state index contributed by atoms with van der Waals surface area (Å²) in [5, 5.41) is 20.3. The van der Waals surface area contributed by atoms with Gasteiger partial charge in [0.05, 0.1) is 6.61 Å². The number of anilines is 1. The molecule has 0 atom stereocenters. The first-order chi connectivity index (χ1) is 5.33. The van der Waals surface area contributed by atoms with Gasteiger partial charge in [-0.25, -0.2) is 0 Å². The van der Waals surface area contributed by atoms with E-state index in [-0.39, 0.29) is 24.8 Å². The average molecular weight is 190 g/mol. The number of hydrogen-bond acceptors (Lipinski definition) is 3. The summed E-state index contributed by atoms with van der Waals surface area (Å²) in [6.07, 6.45) is 0. The molecule has 12 heavy (non-hydrogen) atoms. The van der Waals surface area contributed by atoms with Crippen LogP contribution in [0.4, 0.5) is 5.69 Å². The van der Waals surface area contributed by atoms with Gasteiger partial charge in [-0.3, -0.25) is 0 Å².